The van der Waals surface area contributed by atoms with Crippen molar-refractivity contribution in [1.82, 2.24) is 0 Å². The van der Waals surface area contributed by atoms with Crippen LogP contribution in [0.15, 0.2) is 48.5 Å². The molecule has 110 valence electrons. The molecule has 4 heteroatoms. The third-order valence-corrected chi connectivity index (χ3v) is 3.22. The summed E-state index contributed by atoms with van der Waals surface area (Å²) in [4.78, 5) is 11.4. The first-order chi connectivity index (χ1) is 10.2. The standard InChI is InChI=1S/C17H19NO3/c1-18-15-7-9-16(10-8-15)21-12-14-6-4-3-5-13(14)11-17(19)20-2/h3-10,18H,11-12H2,1-2H3. The number of carbonyl (C=O) groups excluding carboxylic acids is 1. The molecule has 2 rings (SSSR count). The number of hydrogen-bond acceptors (Lipinski definition) is 4. The molecule has 0 bridgehead atoms. The summed E-state index contributed by atoms with van der Waals surface area (Å²) in [5, 5.41) is 3.06. The molecule has 0 spiro atoms. The average molecular weight is 285 g/mol. The van der Waals surface area contributed by atoms with Crippen molar-refractivity contribution in [3.05, 3.63) is 59.7 Å². The van der Waals surface area contributed by atoms with Crippen molar-refractivity contribution in [3.63, 3.8) is 0 Å². The lowest BCUT2D eigenvalue weighted by atomic mass is 10.1. The van der Waals surface area contributed by atoms with Crippen LogP contribution in [-0.2, 0) is 22.6 Å². The van der Waals surface area contributed by atoms with E-state index in [1.807, 2.05) is 55.6 Å². The van der Waals surface area contributed by atoms with Gasteiger partial charge in [-0.3, -0.25) is 4.79 Å². The zero-order chi connectivity index (χ0) is 15.1. The Hall–Kier alpha value is -2.49. The van der Waals surface area contributed by atoms with Gasteiger partial charge in [-0.25, -0.2) is 0 Å². The lowest BCUT2D eigenvalue weighted by molar-refractivity contribution is -0.139. The Bertz CT molecular complexity index is 593. The van der Waals surface area contributed by atoms with Crippen LogP contribution in [0.2, 0.25) is 0 Å². The van der Waals surface area contributed by atoms with Crippen molar-refractivity contribution in [2.45, 2.75) is 13.0 Å². The first kappa shape index (κ1) is 14.9. The Morgan fingerprint density at radius 3 is 2.33 bits per heavy atom. The monoisotopic (exact) mass is 285 g/mol. The third-order valence-electron chi connectivity index (χ3n) is 3.22. The molecule has 0 heterocycles. The van der Waals surface area contributed by atoms with Crippen LogP contribution in [0.5, 0.6) is 5.75 Å². The van der Waals surface area contributed by atoms with Crippen LogP contribution in [0.25, 0.3) is 0 Å². The van der Waals surface area contributed by atoms with Gasteiger partial charge in [-0.15, -0.1) is 0 Å². The van der Waals surface area contributed by atoms with E-state index in [1.165, 1.54) is 7.11 Å². The maximum Gasteiger partial charge on any atom is 0.309 e. The van der Waals surface area contributed by atoms with E-state index < -0.39 is 0 Å². The minimum atomic E-state index is -0.249. The zero-order valence-electron chi connectivity index (χ0n) is 12.3. The summed E-state index contributed by atoms with van der Waals surface area (Å²) in [7, 11) is 3.27. The average Bonchev–Trinajstić information content (AvgIpc) is 2.54. The molecule has 0 aliphatic carbocycles. The molecule has 0 unspecified atom stereocenters. The molecular formula is C17H19NO3. The summed E-state index contributed by atoms with van der Waals surface area (Å²) in [6.45, 7) is 0.423. The molecule has 21 heavy (non-hydrogen) atoms. The first-order valence-electron chi connectivity index (χ1n) is 6.77. The molecular weight excluding hydrogens is 266 g/mol. The second kappa shape index (κ2) is 7.33. The van der Waals surface area contributed by atoms with Crippen LogP contribution < -0.4 is 10.1 Å². The van der Waals surface area contributed by atoms with E-state index >= 15 is 0 Å². The van der Waals surface area contributed by atoms with Gasteiger partial charge in [0.2, 0.25) is 0 Å². The molecule has 0 aliphatic heterocycles. The van der Waals surface area contributed by atoms with Gasteiger partial charge in [0.1, 0.15) is 12.4 Å². The van der Waals surface area contributed by atoms with Gasteiger partial charge in [-0.1, -0.05) is 24.3 Å². The summed E-state index contributed by atoms with van der Waals surface area (Å²) in [6, 6.07) is 15.4. The second-order valence-corrected chi connectivity index (χ2v) is 4.58. The topological polar surface area (TPSA) is 47.6 Å². The van der Waals surface area contributed by atoms with E-state index in [-0.39, 0.29) is 12.4 Å². The van der Waals surface area contributed by atoms with Gasteiger partial charge in [0.05, 0.1) is 13.5 Å². The number of rotatable bonds is 6. The molecule has 1 N–H and O–H groups in total. The van der Waals surface area contributed by atoms with Gasteiger partial charge in [0.25, 0.3) is 0 Å². The maximum absolute atomic E-state index is 11.4. The van der Waals surface area contributed by atoms with Crippen LogP contribution in [-0.4, -0.2) is 20.1 Å². The molecule has 4 nitrogen and oxygen atoms in total. The zero-order valence-corrected chi connectivity index (χ0v) is 12.3. The Balaban J connectivity index is 2.03. The predicted octanol–water partition coefficient (Wildman–Crippen LogP) is 3.02. The SMILES string of the molecule is CNc1ccc(OCc2ccccc2CC(=O)OC)cc1. The van der Waals surface area contributed by atoms with Crippen LogP contribution >= 0.6 is 0 Å². The van der Waals surface area contributed by atoms with Crippen molar-refractivity contribution < 1.29 is 14.3 Å². The first-order valence-corrected chi connectivity index (χ1v) is 6.77. The van der Waals surface area contributed by atoms with E-state index in [1.54, 1.807) is 0 Å². The Morgan fingerprint density at radius 1 is 1.05 bits per heavy atom. The van der Waals surface area contributed by atoms with E-state index in [2.05, 4.69) is 5.32 Å². The molecule has 0 aliphatic rings. The summed E-state index contributed by atoms with van der Waals surface area (Å²) < 4.78 is 10.5. The Labute approximate surface area is 124 Å². The number of esters is 1. The van der Waals surface area contributed by atoms with Crippen molar-refractivity contribution in [3.8, 4) is 5.75 Å². The smallest absolute Gasteiger partial charge is 0.309 e. The number of nitrogens with one attached hydrogen (secondary N) is 1. The third kappa shape index (κ3) is 4.24. The maximum atomic E-state index is 11.4. The molecule has 0 aromatic heterocycles. The Morgan fingerprint density at radius 2 is 1.71 bits per heavy atom. The molecule has 0 atom stereocenters. The number of ether oxygens (including phenoxy) is 2. The van der Waals surface area contributed by atoms with E-state index in [0.717, 1.165) is 22.6 Å². The largest absolute Gasteiger partial charge is 0.489 e. The minimum absolute atomic E-state index is 0.249. The van der Waals surface area contributed by atoms with Crippen molar-refractivity contribution >= 4 is 11.7 Å². The number of benzene rings is 2. The summed E-state index contributed by atoms with van der Waals surface area (Å²) >= 11 is 0. The van der Waals surface area contributed by atoms with Crippen molar-refractivity contribution in [1.29, 1.82) is 0 Å². The van der Waals surface area contributed by atoms with Crippen LogP contribution in [0.1, 0.15) is 11.1 Å². The van der Waals surface area contributed by atoms with Gasteiger partial charge in [0, 0.05) is 12.7 Å². The number of carbonyl (C=O) groups is 1. The summed E-state index contributed by atoms with van der Waals surface area (Å²) in [6.07, 6.45) is 0.259. The fourth-order valence-corrected chi connectivity index (χ4v) is 1.98. The summed E-state index contributed by atoms with van der Waals surface area (Å²) in [5.41, 5.74) is 2.95. The number of anilines is 1. The van der Waals surface area contributed by atoms with Gasteiger partial charge >= 0.3 is 5.97 Å². The molecule has 2 aromatic carbocycles. The van der Waals surface area contributed by atoms with Gasteiger partial charge in [-0.2, -0.15) is 0 Å². The van der Waals surface area contributed by atoms with Crippen LogP contribution in [0, 0.1) is 0 Å². The lowest BCUT2D eigenvalue weighted by Gasteiger charge is -2.11. The minimum Gasteiger partial charge on any atom is -0.489 e. The molecule has 2 aromatic rings. The molecule has 0 amide bonds. The van der Waals surface area contributed by atoms with Gasteiger partial charge < -0.3 is 14.8 Å². The Kier molecular flexibility index (Phi) is 5.21. The van der Waals surface area contributed by atoms with E-state index in [4.69, 9.17) is 9.47 Å². The molecule has 0 fully saturated rings. The molecule has 0 saturated carbocycles. The highest BCUT2D eigenvalue weighted by Gasteiger charge is 2.08. The van der Waals surface area contributed by atoms with Gasteiger partial charge in [-0.05, 0) is 35.4 Å². The fourth-order valence-electron chi connectivity index (χ4n) is 1.98. The normalized spacial score (nSPS) is 10.0. The number of methoxy groups -OCH3 is 1. The number of hydrogen-bond donors (Lipinski definition) is 1. The molecule has 0 saturated heterocycles. The lowest BCUT2D eigenvalue weighted by Crippen LogP contribution is -2.08. The van der Waals surface area contributed by atoms with Gasteiger partial charge in [0.15, 0.2) is 0 Å². The highest BCUT2D eigenvalue weighted by atomic mass is 16.5. The van der Waals surface area contributed by atoms with Crippen molar-refractivity contribution in [2.24, 2.45) is 0 Å². The second-order valence-electron chi connectivity index (χ2n) is 4.58. The van der Waals surface area contributed by atoms with E-state index in [9.17, 15) is 4.79 Å². The van der Waals surface area contributed by atoms with E-state index in [0.29, 0.717) is 6.61 Å². The van der Waals surface area contributed by atoms with Crippen molar-refractivity contribution in [2.75, 3.05) is 19.5 Å². The highest BCUT2D eigenvalue weighted by molar-refractivity contribution is 5.72. The fraction of sp³-hybridized carbons (Fsp3) is 0.235. The van der Waals surface area contributed by atoms with Crippen LogP contribution in [0.3, 0.4) is 0 Å². The summed E-state index contributed by atoms with van der Waals surface area (Å²) in [5.74, 6) is 0.544. The highest BCUT2D eigenvalue weighted by Crippen LogP contribution is 2.18. The predicted molar refractivity (Wildman–Crippen MR) is 82.5 cm³/mol. The quantitative estimate of drug-likeness (QED) is 0.829. The molecule has 0 radical (unpaired) electrons. The van der Waals surface area contributed by atoms with Crippen LogP contribution in [0.4, 0.5) is 5.69 Å².